The van der Waals surface area contributed by atoms with Crippen molar-refractivity contribution in [1.29, 1.82) is 0 Å². The molecule has 1 aromatic carbocycles. The van der Waals surface area contributed by atoms with Gasteiger partial charge in [0.1, 0.15) is 0 Å². The largest absolute Gasteiger partial charge is 0.481 e. The minimum Gasteiger partial charge on any atom is -0.481 e. The fourth-order valence-corrected chi connectivity index (χ4v) is 4.76. The van der Waals surface area contributed by atoms with Crippen LogP contribution in [0.15, 0.2) is 24.3 Å². The standard InChI is InChI=1S/C20H25N3O4/c24-17-13-15(19(26)27)20(21-17)7-11-23(12-8-20)18(25)14-5-1-2-6-16(14)22-9-3-4-10-22/h1-2,5-6,15H,3-4,7-13H2,(H,21,24)(H,26,27)/t15-/m1/s1. The molecule has 3 saturated heterocycles. The van der Waals surface area contributed by atoms with Crippen LogP contribution in [0.4, 0.5) is 5.69 Å². The molecule has 7 nitrogen and oxygen atoms in total. The lowest BCUT2D eigenvalue weighted by Crippen LogP contribution is -2.56. The van der Waals surface area contributed by atoms with E-state index in [1.807, 2.05) is 24.3 Å². The molecule has 0 radical (unpaired) electrons. The summed E-state index contributed by atoms with van der Waals surface area (Å²) in [5.41, 5.74) is 0.979. The first-order chi connectivity index (χ1) is 13.0. The Morgan fingerprint density at radius 2 is 1.74 bits per heavy atom. The molecule has 3 aliphatic heterocycles. The average molecular weight is 371 g/mol. The molecule has 2 amide bonds. The van der Waals surface area contributed by atoms with Crippen LogP contribution in [0.3, 0.4) is 0 Å². The number of carbonyl (C=O) groups is 3. The first kappa shape index (κ1) is 17.8. The van der Waals surface area contributed by atoms with Crippen LogP contribution in [0.25, 0.3) is 0 Å². The minimum atomic E-state index is -0.937. The summed E-state index contributed by atoms with van der Waals surface area (Å²) in [6.45, 7) is 2.86. The topological polar surface area (TPSA) is 90.0 Å². The molecule has 1 spiro atoms. The fourth-order valence-electron chi connectivity index (χ4n) is 4.76. The summed E-state index contributed by atoms with van der Waals surface area (Å²) >= 11 is 0. The van der Waals surface area contributed by atoms with Crippen molar-refractivity contribution in [2.24, 2.45) is 5.92 Å². The van der Waals surface area contributed by atoms with Crippen LogP contribution in [0, 0.1) is 5.92 Å². The summed E-state index contributed by atoms with van der Waals surface area (Å²) in [6, 6.07) is 7.72. The third-order valence-corrected chi connectivity index (χ3v) is 6.27. The van der Waals surface area contributed by atoms with Crippen LogP contribution in [-0.4, -0.2) is 59.5 Å². The van der Waals surface area contributed by atoms with Crippen molar-refractivity contribution in [1.82, 2.24) is 10.2 Å². The molecule has 0 aromatic heterocycles. The third-order valence-electron chi connectivity index (χ3n) is 6.27. The smallest absolute Gasteiger partial charge is 0.309 e. The molecule has 1 atom stereocenters. The van der Waals surface area contributed by atoms with Crippen molar-refractivity contribution in [2.45, 2.75) is 37.6 Å². The first-order valence-corrected chi connectivity index (χ1v) is 9.67. The van der Waals surface area contributed by atoms with Gasteiger partial charge in [0.25, 0.3) is 5.91 Å². The number of piperidine rings is 1. The van der Waals surface area contributed by atoms with E-state index in [2.05, 4.69) is 10.2 Å². The lowest BCUT2D eigenvalue weighted by molar-refractivity contribution is -0.144. The predicted molar refractivity (Wildman–Crippen MR) is 99.6 cm³/mol. The number of nitrogens with one attached hydrogen (secondary N) is 1. The van der Waals surface area contributed by atoms with Crippen molar-refractivity contribution < 1.29 is 19.5 Å². The maximum atomic E-state index is 13.2. The van der Waals surface area contributed by atoms with Gasteiger partial charge in [-0.25, -0.2) is 0 Å². The summed E-state index contributed by atoms with van der Waals surface area (Å²) < 4.78 is 0. The SMILES string of the molecule is O=C1C[C@H](C(=O)O)C2(CCN(C(=O)c3ccccc3N3CCCC3)CC2)N1. The summed E-state index contributed by atoms with van der Waals surface area (Å²) in [6.07, 6.45) is 3.28. The molecule has 3 heterocycles. The van der Waals surface area contributed by atoms with Gasteiger partial charge in [-0.05, 0) is 37.8 Å². The van der Waals surface area contributed by atoms with E-state index in [0.717, 1.165) is 31.6 Å². The van der Waals surface area contributed by atoms with Gasteiger partial charge in [-0.1, -0.05) is 12.1 Å². The molecular weight excluding hydrogens is 346 g/mol. The number of carbonyl (C=O) groups excluding carboxylic acids is 2. The van der Waals surface area contributed by atoms with Crippen LogP contribution in [-0.2, 0) is 9.59 Å². The number of carboxylic acid groups (broad SMARTS) is 1. The first-order valence-electron chi connectivity index (χ1n) is 9.67. The van der Waals surface area contributed by atoms with Gasteiger partial charge in [0, 0.05) is 38.3 Å². The van der Waals surface area contributed by atoms with Crippen LogP contribution in [0.1, 0.15) is 42.5 Å². The van der Waals surface area contributed by atoms with Gasteiger partial charge in [-0.15, -0.1) is 0 Å². The molecule has 0 aliphatic carbocycles. The molecule has 3 aliphatic rings. The minimum absolute atomic E-state index is 0.0106. The van der Waals surface area contributed by atoms with Crippen LogP contribution >= 0.6 is 0 Å². The Morgan fingerprint density at radius 1 is 1.07 bits per heavy atom. The second-order valence-electron chi connectivity index (χ2n) is 7.80. The van der Waals surface area contributed by atoms with Crippen molar-refractivity contribution in [3.8, 4) is 0 Å². The normalized spacial score (nSPS) is 24.3. The lowest BCUT2D eigenvalue weighted by atomic mass is 9.77. The summed E-state index contributed by atoms with van der Waals surface area (Å²) in [5, 5.41) is 12.4. The Labute approximate surface area is 158 Å². The number of aliphatic carboxylic acids is 1. The summed E-state index contributed by atoms with van der Waals surface area (Å²) in [5.74, 6) is -1.86. The number of amides is 2. The Morgan fingerprint density at radius 3 is 2.41 bits per heavy atom. The van der Waals surface area contributed by atoms with Crippen molar-refractivity contribution in [3.05, 3.63) is 29.8 Å². The maximum absolute atomic E-state index is 13.2. The van der Waals surface area contributed by atoms with Crippen LogP contribution < -0.4 is 10.2 Å². The number of carboxylic acids is 1. The van der Waals surface area contributed by atoms with Crippen molar-refractivity contribution in [2.75, 3.05) is 31.1 Å². The van der Waals surface area contributed by atoms with E-state index >= 15 is 0 Å². The zero-order valence-corrected chi connectivity index (χ0v) is 15.3. The molecule has 144 valence electrons. The van der Waals surface area contributed by atoms with E-state index in [0.29, 0.717) is 31.5 Å². The monoisotopic (exact) mass is 371 g/mol. The zero-order chi connectivity index (χ0) is 19.0. The highest BCUT2D eigenvalue weighted by Gasteiger charge is 2.52. The van der Waals surface area contributed by atoms with E-state index in [1.165, 1.54) is 0 Å². The van der Waals surface area contributed by atoms with E-state index in [-0.39, 0.29) is 18.2 Å². The number of likely N-dealkylation sites (tertiary alicyclic amines) is 1. The number of nitrogens with zero attached hydrogens (tertiary/aromatic N) is 2. The summed E-state index contributed by atoms with van der Waals surface area (Å²) in [4.78, 5) is 40.6. The van der Waals surface area contributed by atoms with Crippen molar-refractivity contribution in [3.63, 3.8) is 0 Å². The number of hydrogen-bond donors (Lipinski definition) is 2. The molecule has 0 unspecified atom stereocenters. The second-order valence-corrected chi connectivity index (χ2v) is 7.80. The molecule has 3 fully saturated rings. The third kappa shape index (κ3) is 3.15. The Kier molecular flexibility index (Phi) is 4.53. The van der Waals surface area contributed by atoms with Gasteiger partial charge in [0.05, 0.1) is 17.0 Å². The molecule has 0 saturated carbocycles. The number of hydrogen-bond acceptors (Lipinski definition) is 4. The van der Waals surface area contributed by atoms with Crippen LogP contribution in [0.2, 0.25) is 0 Å². The number of para-hydroxylation sites is 1. The van der Waals surface area contributed by atoms with Gasteiger partial charge in [-0.2, -0.15) is 0 Å². The van der Waals surface area contributed by atoms with Gasteiger partial charge in [-0.3, -0.25) is 14.4 Å². The molecule has 2 N–H and O–H groups in total. The fraction of sp³-hybridized carbons (Fsp3) is 0.550. The van der Waals surface area contributed by atoms with E-state index in [4.69, 9.17) is 0 Å². The quantitative estimate of drug-likeness (QED) is 0.840. The molecule has 4 rings (SSSR count). The highest BCUT2D eigenvalue weighted by molar-refractivity contribution is 6.00. The Hall–Kier alpha value is -2.57. The lowest BCUT2D eigenvalue weighted by Gasteiger charge is -2.41. The van der Waals surface area contributed by atoms with E-state index in [1.54, 1.807) is 4.90 Å². The van der Waals surface area contributed by atoms with Gasteiger partial charge in [0.2, 0.25) is 5.91 Å². The number of benzene rings is 1. The van der Waals surface area contributed by atoms with Gasteiger partial charge >= 0.3 is 5.97 Å². The molecule has 27 heavy (non-hydrogen) atoms. The molecular formula is C20H25N3O4. The molecule has 0 bridgehead atoms. The van der Waals surface area contributed by atoms with E-state index < -0.39 is 17.4 Å². The summed E-state index contributed by atoms with van der Waals surface area (Å²) in [7, 11) is 0. The highest BCUT2D eigenvalue weighted by atomic mass is 16.4. The van der Waals surface area contributed by atoms with Crippen LogP contribution in [0.5, 0.6) is 0 Å². The predicted octanol–water partition coefficient (Wildman–Crippen LogP) is 1.48. The highest BCUT2D eigenvalue weighted by Crippen LogP contribution is 2.37. The number of anilines is 1. The molecule has 7 heteroatoms. The van der Waals surface area contributed by atoms with Gasteiger partial charge in [0.15, 0.2) is 0 Å². The molecule has 1 aromatic rings. The Balaban J connectivity index is 1.50. The average Bonchev–Trinajstić information content (AvgIpc) is 3.30. The number of rotatable bonds is 3. The maximum Gasteiger partial charge on any atom is 0.309 e. The second kappa shape index (κ2) is 6.87. The Bertz CT molecular complexity index is 764. The van der Waals surface area contributed by atoms with E-state index in [9.17, 15) is 19.5 Å². The van der Waals surface area contributed by atoms with Crippen molar-refractivity contribution >= 4 is 23.5 Å². The van der Waals surface area contributed by atoms with Gasteiger partial charge < -0.3 is 20.2 Å². The zero-order valence-electron chi connectivity index (χ0n) is 15.3.